The van der Waals surface area contributed by atoms with Gasteiger partial charge in [0.25, 0.3) is 10.1 Å². The van der Waals surface area contributed by atoms with Crippen LogP contribution in [0.4, 0.5) is 0 Å². The van der Waals surface area contributed by atoms with Gasteiger partial charge in [-0.2, -0.15) is 8.42 Å². The van der Waals surface area contributed by atoms with Crippen LogP contribution in [0.1, 0.15) is 272 Å². The van der Waals surface area contributed by atoms with Crippen LogP contribution in [0.25, 0.3) is 0 Å². The Kier molecular flexibility index (Phi) is 32.2. The number of amides is 1. The fraction of sp³-hybridized carbons (Fsp3) is 0.937. The van der Waals surface area contributed by atoms with E-state index >= 15 is 0 Å². The van der Waals surface area contributed by atoms with Crippen molar-refractivity contribution >= 4 is 22.0 Å². The highest BCUT2D eigenvalue weighted by Crippen LogP contribution is 2.68. The van der Waals surface area contributed by atoms with E-state index in [2.05, 4.69) is 52.1 Å². The van der Waals surface area contributed by atoms with Gasteiger partial charge in [-0.05, 0) is 136 Å². The molecule has 4 saturated carbocycles. The number of fused-ring (bicyclic) bond motifs is 5. The summed E-state index contributed by atoms with van der Waals surface area (Å²) in [5, 5.41) is 26.9. The highest BCUT2D eigenvalue weighted by Gasteiger charge is 2.65. The summed E-state index contributed by atoms with van der Waals surface area (Å²) < 4.78 is 50.3. The number of allylic oxidation sites excluding steroid dienone is 2. The van der Waals surface area contributed by atoms with Gasteiger partial charge in [0.05, 0.1) is 30.7 Å². The Labute approximate surface area is 459 Å². The van der Waals surface area contributed by atoms with Gasteiger partial charge in [0.2, 0.25) is 5.91 Å². The van der Waals surface area contributed by atoms with E-state index in [4.69, 9.17) is 18.8 Å². The monoisotopic (exact) mass is 1080 g/mol. The quantitative estimate of drug-likeness (QED) is 0.0200. The van der Waals surface area contributed by atoms with Gasteiger partial charge >= 0.3 is 5.97 Å². The Balaban J connectivity index is 1.21. The van der Waals surface area contributed by atoms with E-state index in [9.17, 15) is 28.2 Å². The molecule has 1 amide bonds. The second-order valence-electron chi connectivity index (χ2n) is 25.1. The minimum absolute atomic E-state index is 0.0150. The van der Waals surface area contributed by atoms with Crippen molar-refractivity contribution in [3.63, 3.8) is 0 Å². The van der Waals surface area contributed by atoms with Crippen LogP contribution in [0.3, 0.4) is 0 Å². The van der Waals surface area contributed by atoms with E-state index < -0.39 is 28.1 Å². The number of rotatable bonds is 43. The van der Waals surface area contributed by atoms with Crippen molar-refractivity contribution in [2.75, 3.05) is 32.1 Å². The summed E-state index contributed by atoms with van der Waals surface area (Å²) in [6, 6.07) is 0. The van der Waals surface area contributed by atoms with Crippen LogP contribution in [0.5, 0.6) is 0 Å². The zero-order valence-corrected chi connectivity index (χ0v) is 49.6. The minimum Gasteiger partial charge on any atom is -0.463 e. The number of esters is 1. The lowest BCUT2D eigenvalue weighted by molar-refractivity contribution is -0.210. The van der Waals surface area contributed by atoms with Gasteiger partial charge in [0, 0.05) is 26.0 Å². The van der Waals surface area contributed by atoms with Crippen molar-refractivity contribution in [1.82, 2.24) is 5.32 Å². The summed E-state index contributed by atoms with van der Waals surface area (Å²) in [5.41, 5.74) is -0.375. The van der Waals surface area contributed by atoms with E-state index in [1.54, 1.807) is 0 Å². The zero-order valence-electron chi connectivity index (χ0n) is 48.7. The van der Waals surface area contributed by atoms with E-state index in [0.29, 0.717) is 32.5 Å². The lowest BCUT2D eigenvalue weighted by Crippen LogP contribution is -2.62. The molecule has 4 rings (SSSR count). The number of unbranched alkanes of at least 4 members (excludes halogenated alkanes) is 24. The Bertz CT molecular complexity index is 1680. The maximum atomic E-state index is 13.0. The molecule has 12 atom stereocenters. The normalized spacial score (nSPS) is 28.4. The molecule has 4 N–H and O–H groups in total. The summed E-state index contributed by atoms with van der Waals surface area (Å²) >= 11 is 0. The summed E-state index contributed by atoms with van der Waals surface area (Å²) in [6.07, 6.45) is 45.1. The second-order valence-corrected chi connectivity index (χ2v) is 26.7. The van der Waals surface area contributed by atoms with Crippen molar-refractivity contribution in [3.05, 3.63) is 12.2 Å². The summed E-state index contributed by atoms with van der Waals surface area (Å²) in [5.74, 6) is 0.297. The fourth-order valence-corrected chi connectivity index (χ4v) is 15.1. The van der Waals surface area contributed by atoms with Crippen LogP contribution in [-0.4, -0.2) is 91.6 Å². The molecule has 0 bridgehead atoms. The zero-order chi connectivity index (χ0) is 54.4. The molecule has 75 heavy (non-hydrogen) atoms. The number of nitrogens with one attached hydrogen (secondary N) is 1. The van der Waals surface area contributed by atoms with Gasteiger partial charge in [0.15, 0.2) is 0 Å². The smallest absolute Gasteiger partial charge is 0.305 e. The van der Waals surface area contributed by atoms with E-state index in [1.807, 2.05) is 0 Å². The standard InChI is InChI=1S/C63H115NO10S/c1-6-8-10-12-14-16-18-20-21-22-24-26-28-30-32-34-43-72-53(49-74-60(68)35-33-31-29-27-25-23-19-17-15-13-11-9-7-2)48-73-52-40-41-62(4)51(45-52)46-57(65)61-55-38-37-54(63(55,5)58(66)47-56(61)62)50(3)36-39-59(67)64-42-44-75(69,70)71/h20-21,50-58,61,65-66H,6-19,22-49H2,1-5H3,(H,64,67)(H,69,70,71)/t50-,51?,52-,53+,54-,55?,56?,57-,58+,61?,62+,63-/m1/s1. The molecular formula is C63H115NO10S. The van der Waals surface area contributed by atoms with Crippen LogP contribution < -0.4 is 5.32 Å². The van der Waals surface area contributed by atoms with E-state index in [-0.39, 0.29) is 90.0 Å². The van der Waals surface area contributed by atoms with Crippen LogP contribution in [0.2, 0.25) is 0 Å². The fourth-order valence-electron chi connectivity index (χ4n) is 14.8. The van der Waals surface area contributed by atoms with E-state index in [1.165, 1.54) is 148 Å². The molecule has 4 fully saturated rings. The van der Waals surface area contributed by atoms with Gasteiger partial charge in [-0.1, -0.05) is 182 Å². The Morgan fingerprint density at radius 1 is 0.680 bits per heavy atom. The molecule has 438 valence electrons. The van der Waals surface area contributed by atoms with Crippen LogP contribution in [-0.2, 0) is 33.9 Å². The Morgan fingerprint density at radius 3 is 1.83 bits per heavy atom. The lowest BCUT2D eigenvalue weighted by Gasteiger charge is -2.63. The first-order valence-corrected chi connectivity index (χ1v) is 33.4. The van der Waals surface area contributed by atoms with Gasteiger partial charge in [-0.15, -0.1) is 0 Å². The molecule has 4 aliphatic rings. The Morgan fingerprint density at radius 2 is 1.24 bits per heavy atom. The molecule has 4 unspecified atom stereocenters. The molecule has 0 spiro atoms. The van der Waals surface area contributed by atoms with Crippen molar-refractivity contribution in [1.29, 1.82) is 0 Å². The molecule has 11 nitrogen and oxygen atoms in total. The lowest BCUT2D eigenvalue weighted by atomic mass is 9.43. The maximum Gasteiger partial charge on any atom is 0.305 e. The summed E-state index contributed by atoms with van der Waals surface area (Å²) in [7, 11) is -4.14. The maximum absolute atomic E-state index is 13.0. The molecule has 0 aliphatic heterocycles. The third-order valence-corrected chi connectivity index (χ3v) is 20.2. The number of hydrogen-bond acceptors (Lipinski definition) is 9. The van der Waals surface area contributed by atoms with Crippen molar-refractivity contribution < 1.29 is 47.0 Å². The summed E-state index contributed by atoms with van der Waals surface area (Å²) in [4.78, 5) is 25.6. The predicted molar refractivity (Wildman–Crippen MR) is 306 cm³/mol. The highest BCUT2D eigenvalue weighted by molar-refractivity contribution is 7.85. The number of ether oxygens (including phenoxy) is 3. The van der Waals surface area contributed by atoms with Crippen LogP contribution in [0, 0.1) is 46.3 Å². The molecule has 0 radical (unpaired) electrons. The average Bonchev–Trinajstić information content (AvgIpc) is 3.74. The largest absolute Gasteiger partial charge is 0.463 e. The van der Waals surface area contributed by atoms with Gasteiger partial charge in [0.1, 0.15) is 12.7 Å². The van der Waals surface area contributed by atoms with E-state index in [0.717, 1.165) is 64.2 Å². The minimum atomic E-state index is -4.14. The number of aliphatic hydroxyl groups excluding tert-OH is 2. The van der Waals surface area contributed by atoms with Crippen molar-refractivity contribution in [2.45, 2.75) is 297 Å². The third-order valence-electron chi connectivity index (χ3n) is 19.5. The number of carbonyl (C=O) groups is 2. The highest BCUT2D eigenvalue weighted by atomic mass is 32.2. The summed E-state index contributed by atoms with van der Waals surface area (Å²) in [6.45, 7) is 12.5. The van der Waals surface area contributed by atoms with Crippen molar-refractivity contribution in [2.24, 2.45) is 46.3 Å². The first-order valence-electron chi connectivity index (χ1n) is 31.8. The molecule has 12 heteroatoms. The van der Waals surface area contributed by atoms with Gasteiger partial charge < -0.3 is 29.7 Å². The predicted octanol–water partition coefficient (Wildman–Crippen LogP) is 14.8. The Hall–Kier alpha value is -1.57. The average molecular weight is 1080 g/mol. The first-order chi connectivity index (χ1) is 36.1. The number of aliphatic hydroxyl groups is 2. The molecule has 0 heterocycles. The number of hydrogen-bond donors (Lipinski definition) is 4. The van der Waals surface area contributed by atoms with Crippen LogP contribution in [0.15, 0.2) is 12.2 Å². The number of carbonyl (C=O) groups excluding carboxylic acids is 2. The molecule has 4 aliphatic carbocycles. The second kappa shape index (κ2) is 36.6. The van der Waals surface area contributed by atoms with Gasteiger partial charge in [-0.3, -0.25) is 14.1 Å². The SMILES string of the molecule is CCCCCCCCC=CCCCCCCCCO[C@H](COC(=O)CCCCCCCCCCCCCCC)CO[C@@H]1CC[C@@]2(C)C(C1)C[C@@H](O)C1C2C[C@H](O)[C@@]2(C)C1CC[C@@H]2[C@H](C)CCC(=O)NCCS(=O)(=O)O. The van der Waals surface area contributed by atoms with Crippen LogP contribution >= 0.6 is 0 Å². The first kappa shape index (κ1) is 65.9. The topological polar surface area (TPSA) is 169 Å². The third kappa shape index (κ3) is 23.6. The van der Waals surface area contributed by atoms with Gasteiger partial charge in [-0.25, -0.2) is 0 Å². The molecule has 0 aromatic heterocycles. The van der Waals surface area contributed by atoms with Crippen molar-refractivity contribution in [3.8, 4) is 0 Å². The molecule has 0 aromatic carbocycles. The molecule has 0 aromatic rings. The molecule has 0 saturated heterocycles. The molecular weight excluding hydrogens is 963 g/mol.